The van der Waals surface area contributed by atoms with Crippen LogP contribution in [-0.4, -0.2) is 17.9 Å². The summed E-state index contributed by atoms with van der Waals surface area (Å²) >= 11 is 3.49. The lowest BCUT2D eigenvalue weighted by Gasteiger charge is -2.27. The molecule has 1 rings (SSSR count). The Hall–Kier alpha value is 0.440. The Morgan fingerprint density at radius 1 is 1.50 bits per heavy atom. The lowest BCUT2D eigenvalue weighted by molar-refractivity contribution is 0.320. The molecule has 0 aromatic heterocycles. The quantitative estimate of drug-likeness (QED) is 0.682. The van der Waals surface area contributed by atoms with Crippen LogP contribution < -0.4 is 5.32 Å². The van der Waals surface area contributed by atoms with Gasteiger partial charge in [-0.2, -0.15) is 0 Å². The molecule has 0 amide bonds. The molecule has 1 nitrogen and oxygen atoms in total. The van der Waals surface area contributed by atoms with Gasteiger partial charge in [0.2, 0.25) is 0 Å². The first-order valence-electron chi connectivity index (χ1n) is 4.16. The molecule has 1 saturated heterocycles. The van der Waals surface area contributed by atoms with Gasteiger partial charge in [-0.3, -0.25) is 0 Å². The Morgan fingerprint density at radius 2 is 2.30 bits per heavy atom. The molecule has 1 fully saturated rings. The average molecular weight is 206 g/mol. The van der Waals surface area contributed by atoms with Crippen LogP contribution in [0.2, 0.25) is 0 Å². The molecular weight excluding hydrogens is 190 g/mol. The second-order valence-corrected chi connectivity index (χ2v) is 3.76. The van der Waals surface area contributed by atoms with Crippen LogP contribution in [0.5, 0.6) is 0 Å². The first-order valence-corrected chi connectivity index (χ1v) is 5.28. The molecule has 2 atom stereocenters. The fourth-order valence-corrected chi connectivity index (χ4v) is 2.01. The van der Waals surface area contributed by atoms with E-state index in [0.29, 0.717) is 0 Å². The lowest BCUT2D eigenvalue weighted by Crippen LogP contribution is -2.39. The zero-order valence-electron chi connectivity index (χ0n) is 6.57. The van der Waals surface area contributed by atoms with Crippen LogP contribution in [0.25, 0.3) is 0 Å². The molecule has 0 aromatic carbocycles. The van der Waals surface area contributed by atoms with Crippen LogP contribution >= 0.6 is 15.9 Å². The molecule has 1 heterocycles. The highest BCUT2D eigenvalue weighted by Crippen LogP contribution is 2.17. The van der Waals surface area contributed by atoms with Gasteiger partial charge in [0, 0.05) is 11.4 Å². The molecule has 1 aliphatic rings. The van der Waals surface area contributed by atoms with Gasteiger partial charge >= 0.3 is 0 Å². The van der Waals surface area contributed by atoms with Crippen LogP contribution in [0.4, 0.5) is 0 Å². The summed E-state index contributed by atoms with van der Waals surface area (Å²) in [6.45, 7) is 3.51. The van der Waals surface area contributed by atoms with Gasteiger partial charge < -0.3 is 5.32 Å². The number of alkyl halides is 1. The van der Waals surface area contributed by atoms with Crippen molar-refractivity contribution in [2.75, 3.05) is 11.9 Å². The van der Waals surface area contributed by atoms with E-state index in [1.807, 2.05) is 0 Å². The summed E-state index contributed by atoms with van der Waals surface area (Å²) < 4.78 is 0. The molecule has 0 radical (unpaired) electrons. The van der Waals surface area contributed by atoms with Crippen molar-refractivity contribution in [3.63, 3.8) is 0 Å². The van der Waals surface area contributed by atoms with Gasteiger partial charge in [0.25, 0.3) is 0 Å². The Morgan fingerprint density at radius 3 is 2.70 bits per heavy atom. The van der Waals surface area contributed by atoms with Crippen LogP contribution in [0, 0.1) is 5.92 Å². The predicted molar refractivity (Wildman–Crippen MR) is 48.6 cm³/mol. The minimum absolute atomic E-state index is 0.739. The minimum Gasteiger partial charge on any atom is -0.313 e. The molecule has 10 heavy (non-hydrogen) atoms. The summed E-state index contributed by atoms with van der Waals surface area (Å²) in [5, 5.41) is 4.64. The van der Waals surface area contributed by atoms with Crippen molar-refractivity contribution in [2.24, 2.45) is 5.92 Å². The second-order valence-electron chi connectivity index (χ2n) is 3.11. The van der Waals surface area contributed by atoms with Crippen LogP contribution in [0.3, 0.4) is 0 Å². The van der Waals surface area contributed by atoms with Crippen LogP contribution in [0.15, 0.2) is 0 Å². The Bertz CT molecular complexity index is 75.3. The van der Waals surface area contributed by atoms with E-state index in [0.717, 1.165) is 17.3 Å². The highest BCUT2D eigenvalue weighted by Gasteiger charge is 2.17. The molecular formula is C8H16BrN. The summed E-state index contributed by atoms with van der Waals surface area (Å²) in [4.78, 5) is 0. The van der Waals surface area contributed by atoms with E-state index in [1.54, 1.807) is 0 Å². The van der Waals surface area contributed by atoms with E-state index in [-0.39, 0.29) is 0 Å². The molecule has 1 aliphatic heterocycles. The summed E-state index contributed by atoms with van der Waals surface area (Å²) in [6.07, 6.45) is 4.10. The van der Waals surface area contributed by atoms with Crippen molar-refractivity contribution in [1.29, 1.82) is 0 Å². The van der Waals surface area contributed by atoms with Gasteiger partial charge in [-0.25, -0.2) is 0 Å². The third-order valence-electron chi connectivity index (χ3n) is 2.38. The van der Waals surface area contributed by atoms with E-state index in [9.17, 15) is 0 Å². The van der Waals surface area contributed by atoms with Gasteiger partial charge in [-0.1, -0.05) is 29.3 Å². The molecule has 0 saturated carbocycles. The molecule has 0 bridgehead atoms. The molecule has 2 heteroatoms. The van der Waals surface area contributed by atoms with Gasteiger partial charge in [0.1, 0.15) is 0 Å². The number of hydrogen-bond donors (Lipinski definition) is 1. The molecule has 0 aromatic rings. The lowest BCUT2D eigenvalue weighted by atomic mass is 9.94. The van der Waals surface area contributed by atoms with E-state index in [1.165, 1.54) is 25.8 Å². The van der Waals surface area contributed by atoms with E-state index in [4.69, 9.17) is 0 Å². The zero-order valence-corrected chi connectivity index (χ0v) is 8.15. The minimum atomic E-state index is 0.739. The highest BCUT2D eigenvalue weighted by atomic mass is 79.9. The normalized spacial score (nSPS) is 34.2. The van der Waals surface area contributed by atoms with Gasteiger partial charge in [-0.15, -0.1) is 0 Å². The molecule has 0 spiro atoms. The maximum Gasteiger partial charge on any atom is 0.0186 e. The standard InChI is InChI=1S/C8H16BrN/c1-2-7-3-4-8(5-9)10-6-7/h7-8,10H,2-6H2,1H3. The average Bonchev–Trinajstić information content (AvgIpc) is 2.05. The fraction of sp³-hybridized carbons (Fsp3) is 1.00. The number of hydrogen-bond acceptors (Lipinski definition) is 1. The number of halogens is 1. The first-order chi connectivity index (χ1) is 4.86. The molecule has 0 aliphatic carbocycles. The van der Waals surface area contributed by atoms with Crippen molar-refractivity contribution in [3.8, 4) is 0 Å². The SMILES string of the molecule is CCC1CCC(CBr)NC1. The van der Waals surface area contributed by atoms with E-state index < -0.39 is 0 Å². The second kappa shape index (κ2) is 4.35. The summed E-state index contributed by atoms with van der Waals surface area (Å²) in [5.74, 6) is 0.940. The third kappa shape index (κ3) is 2.24. The molecule has 60 valence electrons. The van der Waals surface area contributed by atoms with E-state index in [2.05, 4.69) is 28.2 Å². The predicted octanol–water partition coefficient (Wildman–Crippen LogP) is 2.16. The van der Waals surface area contributed by atoms with Crippen molar-refractivity contribution >= 4 is 15.9 Å². The first kappa shape index (κ1) is 8.54. The van der Waals surface area contributed by atoms with Crippen molar-refractivity contribution in [3.05, 3.63) is 0 Å². The third-order valence-corrected chi connectivity index (χ3v) is 3.16. The van der Waals surface area contributed by atoms with Gasteiger partial charge in [-0.05, 0) is 25.3 Å². The van der Waals surface area contributed by atoms with Crippen LogP contribution in [0.1, 0.15) is 26.2 Å². The Kier molecular flexibility index (Phi) is 3.71. The Labute approximate surface area is 71.7 Å². The fourth-order valence-electron chi connectivity index (χ4n) is 1.45. The monoisotopic (exact) mass is 205 g/mol. The number of piperidine rings is 1. The van der Waals surface area contributed by atoms with Crippen LogP contribution in [-0.2, 0) is 0 Å². The maximum atomic E-state index is 3.52. The Balaban J connectivity index is 2.17. The van der Waals surface area contributed by atoms with Gasteiger partial charge in [0.05, 0.1) is 0 Å². The summed E-state index contributed by atoms with van der Waals surface area (Å²) in [6, 6.07) is 0.739. The number of rotatable bonds is 2. The van der Waals surface area contributed by atoms with Gasteiger partial charge in [0.15, 0.2) is 0 Å². The highest BCUT2D eigenvalue weighted by molar-refractivity contribution is 9.09. The topological polar surface area (TPSA) is 12.0 Å². The largest absolute Gasteiger partial charge is 0.313 e. The van der Waals surface area contributed by atoms with E-state index >= 15 is 0 Å². The van der Waals surface area contributed by atoms with Crippen molar-refractivity contribution in [1.82, 2.24) is 5.32 Å². The number of nitrogens with one attached hydrogen (secondary N) is 1. The van der Waals surface area contributed by atoms with Crippen molar-refractivity contribution < 1.29 is 0 Å². The molecule has 1 N–H and O–H groups in total. The smallest absolute Gasteiger partial charge is 0.0186 e. The summed E-state index contributed by atoms with van der Waals surface area (Å²) in [7, 11) is 0. The zero-order chi connectivity index (χ0) is 7.40. The maximum absolute atomic E-state index is 3.52. The van der Waals surface area contributed by atoms with Crippen molar-refractivity contribution in [2.45, 2.75) is 32.2 Å². The summed E-state index contributed by atoms with van der Waals surface area (Å²) in [5.41, 5.74) is 0. The molecule has 2 unspecified atom stereocenters.